The molecule has 0 radical (unpaired) electrons. The van der Waals surface area contributed by atoms with Gasteiger partial charge in [-0.2, -0.15) is 0 Å². The highest BCUT2D eigenvalue weighted by Crippen LogP contribution is 2.35. The average Bonchev–Trinajstić information content (AvgIpc) is 2.47. The fraction of sp³-hybridized carbons (Fsp3) is 0.231. The summed E-state index contributed by atoms with van der Waals surface area (Å²) in [6.45, 7) is 1.60. The lowest BCUT2D eigenvalue weighted by Crippen LogP contribution is -2.15. The summed E-state index contributed by atoms with van der Waals surface area (Å²) in [6.07, 6.45) is 1.72. The molecular weight excluding hydrogens is 262 g/mol. The Hall–Kier alpha value is -1.79. The molecule has 0 unspecified atom stereocenters. The van der Waals surface area contributed by atoms with Crippen molar-refractivity contribution in [1.82, 2.24) is 9.97 Å². The molecule has 0 saturated heterocycles. The van der Waals surface area contributed by atoms with Crippen LogP contribution in [0.1, 0.15) is 5.69 Å². The molecule has 2 heterocycles. The van der Waals surface area contributed by atoms with Gasteiger partial charge in [0.25, 0.3) is 0 Å². The van der Waals surface area contributed by atoms with Crippen LogP contribution in [0.25, 0.3) is 0 Å². The predicted molar refractivity (Wildman–Crippen MR) is 71.5 cm³/mol. The quantitative estimate of drug-likeness (QED) is 0.862. The normalized spacial score (nSPS) is 13.3. The first-order valence-corrected chi connectivity index (χ1v) is 6.76. The van der Waals surface area contributed by atoms with Gasteiger partial charge in [0, 0.05) is 17.6 Å². The zero-order chi connectivity index (χ0) is 13.1. The number of aromatic nitrogens is 2. The molecule has 0 amide bonds. The predicted octanol–water partition coefficient (Wildman–Crippen LogP) is 1.86. The summed E-state index contributed by atoms with van der Waals surface area (Å²) in [4.78, 5) is 9.58. The summed E-state index contributed by atoms with van der Waals surface area (Å²) in [5, 5.41) is 0.680. The first-order chi connectivity index (χ1) is 9.35. The highest BCUT2D eigenvalue weighted by atomic mass is 32.2. The van der Waals surface area contributed by atoms with Crippen molar-refractivity contribution in [2.75, 3.05) is 13.2 Å². The van der Waals surface area contributed by atoms with Crippen molar-refractivity contribution < 1.29 is 9.47 Å². The zero-order valence-electron chi connectivity index (χ0n) is 10.2. The second kappa shape index (κ2) is 5.46. The summed E-state index contributed by atoms with van der Waals surface area (Å²) < 4.78 is 11.0. The molecule has 1 aliphatic rings. The van der Waals surface area contributed by atoms with Gasteiger partial charge in [-0.3, -0.25) is 0 Å². The minimum atomic E-state index is 0.414. The van der Waals surface area contributed by atoms with Crippen LogP contribution in [0.2, 0.25) is 0 Å². The van der Waals surface area contributed by atoms with Crippen LogP contribution in [0.4, 0.5) is 0 Å². The molecule has 0 bridgehead atoms. The van der Waals surface area contributed by atoms with E-state index in [0.29, 0.717) is 24.9 Å². The van der Waals surface area contributed by atoms with Gasteiger partial charge in [0.2, 0.25) is 0 Å². The first-order valence-electron chi connectivity index (χ1n) is 5.94. The highest BCUT2D eigenvalue weighted by Gasteiger charge is 2.12. The molecule has 6 heteroatoms. The molecule has 0 fully saturated rings. The molecule has 1 aromatic carbocycles. The fourth-order valence-corrected chi connectivity index (χ4v) is 2.52. The minimum Gasteiger partial charge on any atom is -0.486 e. The standard InChI is InChI=1S/C13H13N3O2S/c14-8-9-3-4-15-13(16-9)19-10-1-2-11-12(7-10)18-6-5-17-11/h1-4,7H,5-6,8,14H2. The molecule has 1 aromatic heterocycles. The lowest BCUT2D eigenvalue weighted by atomic mass is 10.3. The maximum atomic E-state index is 5.57. The average molecular weight is 275 g/mol. The SMILES string of the molecule is NCc1ccnc(Sc2ccc3c(c2)OCCO3)n1. The van der Waals surface area contributed by atoms with Gasteiger partial charge in [0.15, 0.2) is 16.7 Å². The summed E-state index contributed by atoms with van der Waals surface area (Å²) >= 11 is 1.48. The van der Waals surface area contributed by atoms with Gasteiger partial charge in [-0.05, 0) is 36.0 Å². The Balaban J connectivity index is 1.82. The Morgan fingerprint density at radius 2 is 2.00 bits per heavy atom. The zero-order valence-corrected chi connectivity index (χ0v) is 11.0. The third-order valence-corrected chi connectivity index (χ3v) is 3.49. The van der Waals surface area contributed by atoms with Gasteiger partial charge < -0.3 is 15.2 Å². The van der Waals surface area contributed by atoms with Gasteiger partial charge in [-0.25, -0.2) is 9.97 Å². The molecule has 0 saturated carbocycles. The van der Waals surface area contributed by atoms with E-state index in [1.54, 1.807) is 6.20 Å². The molecule has 5 nitrogen and oxygen atoms in total. The Labute approximate surface area is 115 Å². The van der Waals surface area contributed by atoms with Crippen molar-refractivity contribution in [2.24, 2.45) is 5.73 Å². The lowest BCUT2D eigenvalue weighted by Gasteiger charge is -2.18. The van der Waals surface area contributed by atoms with Crippen LogP contribution in [0.5, 0.6) is 11.5 Å². The Kier molecular flexibility index (Phi) is 3.52. The monoisotopic (exact) mass is 275 g/mol. The smallest absolute Gasteiger partial charge is 0.192 e. The van der Waals surface area contributed by atoms with E-state index in [0.717, 1.165) is 22.1 Å². The van der Waals surface area contributed by atoms with E-state index in [-0.39, 0.29) is 0 Å². The van der Waals surface area contributed by atoms with Crippen molar-refractivity contribution in [3.63, 3.8) is 0 Å². The molecule has 1 aliphatic heterocycles. The molecular formula is C13H13N3O2S. The van der Waals surface area contributed by atoms with Gasteiger partial charge in [0.05, 0.1) is 5.69 Å². The van der Waals surface area contributed by atoms with E-state index in [1.807, 2.05) is 24.3 Å². The van der Waals surface area contributed by atoms with E-state index in [9.17, 15) is 0 Å². The maximum Gasteiger partial charge on any atom is 0.192 e. The number of nitrogens with two attached hydrogens (primary N) is 1. The minimum absolute atomic E-state index is 0.414. The summed E-state index contributed by atoms with van der Waals surface area (Å²) in [5.41, 5.74) is 6.40. The van der Waals surface area contributed by atoms with Gasteiger partial charge in [0.1, 0.15) is 13.2 Å². The molecule has 19 heavy (non-hydrogen) atoms. The van der Waals surface area contributed by atoms with E-state index in [4.69, 9.17) is 15.2 Å². The second-order valence-corrected chi connectivity index (χ2v) is 4.98. The Morgan fingerprint density at radius 1 is 1.16 bits per heavy atom. The Morgan fingerprint density at radius 3 is 2.84 bits per heavy atom. The van der Waals surface area contributed by atoms with Crippen LogP contribution in [0.15, 0.2) is 40.5 Å². The van der Waals surface area contributed by atoms with Crippen molar-refractivity contribution in [3.8, 4) is 11.5 Å². The number of hydrogen-bond donors (Lipinski definition) is 1. The molecule has 98 valence electrons. The third-order valence-electron chi connectivity index (χ3n) is 2.62. The fourth-order valence-electron chi connectivity index (χ4n) is 1.73. The van der Waals surface area contributed by atoms with E-state index >= 15 is 0 Å². The summed E-state index contributed by atoms with van der Waals surface area (Å²) in [7, 11) is 0. The van der Waals surface area contributed by atoms with Crippen LogP contribution in [-0.4, -0.2) is 23.2 Å². The van der Waals surface area contributed by atoms with Crippen LogP contribution in [-0.2, 0) is 6.54 Å². The van der Waals surface area contributed by atoms with Gasteiger partial charge >= 0.3 is 0 Å². The van der Waals surface area contributed by atoms with E-state index in [2.05, 4.69) is 9.97 Å². The van der Waals surface area contributed by atoms with Crippen LogP contribution >= 0.6 is 11.8 Å². The number of fused-ring (bicyclic) bond motifs is 1. The van der Waals surface area contributed by atoms with Crippen LogP contribution in [0, 0.1) is 0 Å². The van der Waals surface area contributed by atoms with E-state index < -0.39 is 0 Å². The molecule has 0 atom stereocenters. The molecule has 2 N–H and O–H groups in total. The summed E-state index contributed by atoms with van der Waals surface area (Å²) in [5.74, 6) is 1.55. The molecule has 3 rings (SSSR count). The molecule has 0 aliphatic carbocycles. The molecule has 2 aromatic rings. The largest absolute Gasteiger partial charge is 0.486 e. The molecule has 0 spiro atoms. The van der Waals surface area contributed by atoms with Crippen molar-refractivity contribution >= 4 is 11.8 Å². The third kappa shape index (κ3) is 2.80. The van der Waals surface area contributed by atoms with Crippen molar-refractivity contribution in [1.29, 1.82) is 0 Å². The lowest BCUT2D eigenvalue weighted by molar-refractivity contribution is 0.171. The number of nitrogens with zero attached hydrogens (tertiary/aromatic N) is 2. The number of rotatable bonds is 3. The Bertz CT molecular complexity index is 592. The van der Waals surface area contributed by atoms with Gasteiger partial charge in [-0.15, -0.1) is 0 Å². The number of benzene rings is 1. The highest BCUT2D eigenvalue weighted by molar-refractivity contribution is 7.99. The van der Waals surface area contributed by atoms with Crippen molar-refractivity contribution in [3.05, 3.63) is 36.2 Å². The number of ether oxygens (including phenoxy) is 2. The van der Waals surface area contributed by atoms with Crippen LogP contribution in [0.3, 0.4) is 0 Å². The maximum absolute atomic E-state index is 5.57. The first kappa shape index (κ1) is 12.3. The van der Waals surface area contributed by atoms with Gasteiger partial charge in [-0.1, -0.05) is 0 Å². The second-order valence-electron chi connectivity index (χ2n) is 3.94. The van der Waals surface area contributed by atoms with Crippen molar-refractivity contribution in [2.45, 2.75) is 16.6 Å². The number of hydrogen-bond acceptors (Lipinski definition) is 6. The van der Waals surface area contributed by atoms with E-state index in [1.165, 1.54) is 11.8 Å². The summed E-state index contributed by atoms with van der Waals surface area (Å²) in [6, 6.07) is 7.63. The van der Waals surface area contributed by atoms with Crippen LogP contribution < -0.4 is 15.2 Å². The topological polar surface area (TPSA) is 70.3 Å².